The molecule has 2 rings (SSSR count). The molecule has 6 heteroatoms. The number of likely N-dealkylation sites (tertiary alicyclic amines) is 1. The Hall–Kier alpha value is -1.30. The van der Waals surface area contributed by atoms with Crippen molar-refractivity contribution in [2.45, 2.75) is 32.7 Å². The standard InChI is InChI=1S/C18H28N2O3.ClH/c1-3-22-11-12-23-17-9-5-4-8-16(17)18(21)20-10-6-7-15(13-20)14(2)19;/h4-5,8-9,14-15H,3,6-7,10-13,19H2,1-2H3;1H. The third kappa shape index (κ3) is 5.65. The van der Waals surface area contributed by atoms with Gasteiger partial charge < -0.3 is 20.1 Å². The van der Waals surface area contributed by atoms with E-state index in [9.17, 15) is 4.79 Å². The Bertz CT molecular complexity index is 511. The van der Waals surface area contributed by atoms with Gasteiger partial charge in [-0.3, -0.25) is 4.79 Å². The van der Waals surface area contributed by atoms with Crippen molar-refractivity contribution in [3.8, 4) is 5.75 Å². The SMILES string of the molecule is CCOCCOc1ccccc1C(=O)N1CCCC(C(C)N)C1.Cl. The molecule has 2 atom stereocenters. The Labute approximate surface area is 150 Å². The van der Waals surface area contributed by atoms with Crippen LogP contribution in [0.4, 0.5) is 0 Å². The van der Waals surface area contributed by atoms with E-state index in [1.807, 2.05) is 43.0 Å². The fourth-order valence-electron chi connectivity index (χ4n) is 2.92. The van der Waals surface area contributed by atoms with Crippen LogP contribution in [0.15, 0.2) is 24.3 Å². The molecule has 24 heavy (non-hydrogen) atoms. The fourth-order valence-corrected chi connectivity index (χ4v) is 2.92. The summed E-state index contributed by atoms with van der Waals surface area (Å²) in [5.41, 5.74) is 6.64. The van der Waals surface area contributed by atoms with Gasteiger partial charge in [-0.05, 0) is 44.7 Å². The van der Waals surface area contributed by atoms with E-state index >= 15 is 0 Å². The minimum Gasteiger partial charge on any atom is -0.490 e. The monoisotopic (exact) mass is 356 g/mol. The number of piperidine rings is 1. The van der Waals surface area contributed by atoms with E-state index in [0.29, 0.717) is 37.1 Å². The van der Waals surface area contributed by atoms with Crippen molar-refractivity contribution < 1.29 is 14.3 Å². The summed E-state index contributed by atoms with van der Waals surface area (Å²) in [5, 5.41) is 0. The average Bonchev–Trinajstić information content (AvgIpc) is 2.58. The Kier molecular flexibility index (Phi) is 9.11. The Balaban J connectivity index is 0.00000288. The Morgan fingerprint density at radius 3 is 2.83 bits per heavy atom. The van der Waals surface area contributed by atoms with E-state index in [1.54, 1.807) is 0 Å². The number of nitrogens with two attached hydrogens (primary N) is 1. The van der Waals surface area contributed by atoms with Crippen LogP contribution in [-0.2, 0) is 4.74 Å². The van der Waals surface area contributed by atoms with Gasteiger partial charge in [0.05, 0.1) is 12.2 Å². The summed E-state index contributed by atoms with van der Waals surface area (Å²) in [6.07, 6.45) is 2.10. The quantitative estimate of drug-likeness (QED) is 0.763. The van der Waals surface area contributed by atoms with Gasteiger partial charge in [0.15, 0.2) is 0 Å². The van der Waals surface area contributed by atoms with Crippen molar-refractivity contribution in [3.05, 3.63) is 29.8 Å². The van der Waals surface area contributed by atoms with E-state index in [0.717, 1.165) is 25.9 Å². The number of rotatable bonds is 7. The molecule has 0 radical (unpaired) electrons. The molecule has 1 aromatic carbocycles. The zero-order chi connectivity index (χ0) is 16.7. The predicted molar refractivity (Wildman–Crippen MR) is 98.0 cm³/mol. The second-order valence-corrected chi connectivity index (χ2v) is 6.05. The molecule has 1 heterocycles. The number of carbonyl (C=O) groups excluding carboxylic acids is 1. The highest BCUT2D eigenvalue weighted by Gasteiger charge is 2.27. The summed E-state index contributed by atoms with van der Waals surface area (Å²) in [7, 11) is 0. The second kappa shape index (κ2) is 10.5. The number of ether oxygens (including phenoxy) is 2. The molecule has 0 aromatic heterocycles. The van der Waals surface area contributed by atoms with Gasteiger partial charge in [0.2, 0.25) is 0 Å². The van der Waals surface area contributed by atoms with Crippen LogP contribution in [-0.4, -0.2) is 49.8 Å². The van der Waals surface area contributed by atoms with E-state index in [-0.39, 0.29) is 24.4 Å². The number of hydrogen-bond acceptors (Lipinski definition) is 4. The maximum absolute atomic E-state index is 12.9. The summed E-state index contributed by atoms with van der Waals surface area (Å²) in [5.74, 6) is 1.03. The molecular weight excluding hydrogens is 328 g/mol. The van der Waals surface area contributed by atoms with E-state index in [1.165, 1.54) is 0 Å². The first kappa shape index (κ1) is 20.7. The predicted octanol–water partition coefficient (Wildman–Crippen LogP) is 2.72. The molecule has 1 aliphatic rings. The van der Waals surface area contributed by atoms with Crippen molar-refractivity contribution in [2.75, 3.05) is 32.9 Å². The lowest BCUT2D eigenvalue weighted by Gasteiger charge is -2.35. The third-order valence-corrected chi connectivity index (χ3v) is 4.30. The summed E-state index contributed by atoms with van der Waals surface area (Å²) in [6.45, 7) is 7.11. The minimum atomic E-state index is 0. The molecule has 136 valence electrons. The maximum Gasteiger partial charge on any atom is 0.257 e. The number of para-hydroxylation sites is 1. The van der Waals surface area contributed by atoms with E-state index in [4.69, 9.17) is 15.2 Å². The van der Waals surface area contributed by atoms with Gasteiger partial charge in [-0.2, -0.15) is 0 Å². The Morgan fingerprint density at radius 2 is 2.12 bits per heavy atom. The molecule has 1 amide bonds. The molecule has 2 unspecified atom stereocenters. The van der Waals surface area contributed by atoms with E-state index < -0.39 is 0 Å². The lowest BCUT2D eigenvalue weighted by molar-refractivity contribution is 0.0652. The molecular formula is C18H29ClN2O3. The average molecular weight is 357 g/mol. The molecule has 1 saturated heterocycles. The second-order valence-electron chi connectivity index (χ2n) is 6.05. The topological polar surface area (TPSA) is 64.8 Å². The maximum atomic E-state index is 12.9. The zero-order valence-corrected chi connectivity index (χ0v) is 15.4. The zero-order valence-electron chi connectivity index (χ0n) is 14.6. The molecule has 1 fully saturated rings. The van der Waals surface area contributed by atoms with Gasteiger partial charge >= 0.3 is 0 Å². The van der Waals surface area contributed by atoms with Crippen LogP contribution >= 0.6 is 12.4 Å². The van der Waals surface area contributed by atoms with E-state index in [2.05, 4.69) is 0 Å². The van der Waals surface area contributed by atoms with Crippen molar-refractivity contribution in [2.24, 2.45) is 11.7 Å². The summed E-state index contributed by atoms with van der Waals surface area (Å²) >= 11 is 0. The van der Waals surface area contributed by atoms with Crippen LogP contribution in [0.25, 0.3) is 0 Å². The normalized spacial score (nSPS) is 18.6. The minimum absolute atomic E-state index is 0. The first-order valence-corrected chi connectivity index (χ1v) is 8.48. The van der Waals surface area contributed by atoms with Crippen molar-refractivity contribution in [1.29, 1.82) is 0 Å². The lowest BCUT2D eigenvalue weighted by atomic mass is 9.92. The fraction of sp³-hybridized carbons (Fsp3) is 0.611. The molecule has 0 saturated carbocycles. The first-order chi connectivity index (χ1) is 11.1. The number of carbonyl (C=O) groups is 1. The van der Waals surface area contributed by atoms with Gasteiger partial charge in [0.1, 0.15) is 12.4 Å². The molecule has 0 bridgehead atoms. The summed E-state index contributed by atoms with van der Waals surface area (Å²) in [6, 6.07) is 7.53. The molecule has 2 N–H and O–H groups in total. The van der Waals surface area contributed by atoms with Crippen molar-refractivity contribution in [1.82, 2.24) is 4.90 Å². The highest BCUT2D eigenvalue weighted by atomic mass is 35.5. The molecule has 5 nitrogen and oxygen atoms in total. The molecule has 1 aliphatic heterocycles. The van der Waals surface area contributed by atoms with Gasteiger partial charge in [-0.1, -0.05) is 12.1 Å². The molecule has 1 aromatic rings. The number of nitrogens with zero attached hydrogens (tertiary/aromatic N) is 1. The highest BCUT2D eigenvalue weighted by Crippen LogP contribution is 2.24. The largest absolute Gasteiger partial charge is 0.490 e. The highest BCUT2D eigenvalue weighted by molar-refractivity contribution is 5.97. The molecule has 0 spiro atoms. The van der Waals surface area contributed by atoms with Crippen LogP contribution in [0, 0.1) is 5.92 Å². The van der Waals surface area contributed by atoms with Crippen LogP contribution < -0.4 is 10.5 Å². The molecule has 0 aliphatic carbocycles. The number of halogens is 1. The van der Waals surface area contributed by atoms with Gasteiger partial charge in [0.25, 0.3) is 5.91 Å². The first-order valence-electron chi connectivity index (χ1n) is 8.48. The third-order valence-electron chi connectivity index (χ3n) is 4.30. The number of benzene rings is 1. The van der Waals surface area contributed by atoms with Gasteiger partial charge in [0, 0.05) is 25.7 Å². The summed E-state index contributed by atoms with van der Waals surface area (Å²) < 4.78 is 11.0. The van der Waals surface area contributed by atoms with Crippen LogP contribution in [0.1, 0.15) is 37.0 Å². The Morgan fingerprint density at radius 1 is 1.38 bits per heavy atom. The number of hydrogen-bond donors (Lipinski definition) is 1. The van der Waals surface area contributed by atoms with Crippen molar-refractivity contribution in [3.63, 3.8) is 0 Å². The summed E-state index contributed by atoms with van der Waals surface area (Å²) in [4.78, 5) is 14.8. The van der Waals surface area contributed by atoms with Gasteiger partial charge in [-0.25, -0.2) is 0 Å². The smallest absolute Gasteiger partial charge is 0.257 e. The van der Waals surface area contributed by atoms with Crippen molar-refractivity contribution >= 4 is 18.3 Å². The lowest BCUT2D eigenvalue weighted by Crippen LogP contribution is -2.45. The van der Waals surface area contributed by atoms with Crippen LogP contribution in [0.5, 0.6) is 5.75 Å². The van der Waals surface area contributed by atoms with Crippen LogP contribution in [0.2, 0.25) is 0 Å². The number of amides is 1. The van der Waals surface area contributed by atoms with Crippen LogP contribution in [0.3, 0.4) is 0 Å². The van der Waals surface area contributed by atoms with Gasteiger partial charge in [-0.15, -0.1) is 12.4 Å².